The molecule has 6 nitrogen and oxygen atoms in total. The molecule has 0 saturated heterocycles. The van der Waals surface area contributed by atoms with Gasteiger partial charge in [-0.2, -0.15) is 4.98 Å². The molecule has 1 saturated carbocycles. The minimum absolute atomic E-state index is 0.266. The van der Waals surface area contributed by atoms with Gasteiger partial charge in [-0.25, -0.2) is 0 Å². The van der Waals surface area contributed by atoms with Gasteiger partial charge in [-0.3, -0.25) is 4.98 Å². The summed E-state index contributed by atoms with van der Waals surface area (Å²) in [5.74, 6) is 1.78. The van der Waals surface area contributed by atoms with Gasteiger partial charge >= 0.3 is 0 Å². The Morgan fingerprint density at radius 3 is 2.95 bits per heavy atom. The van der Waals surface area contributed by atoms with Crippen LogP contribution in [0, 0.1) is 6.92 Å². The summed E-state index contributed by atoms with van der Waals surface area (Å²) in [5.41, 5.74) is 1.02. The Balaban J connectivity index is 1.50. The van der Waals surface area contributed by atoms with Gasteiger partial charge in [-0.05, 0) is 31.9 Å². The van der Waals surface area contributed by atoms with Crippen molar-refractivity contribution in [3.05, 3.63) is 35.7 Å². The third-order valence-electron chi connectivity index (χ3n) is 2.88. The molecule has 100 valence electrons. The summed E-state index contributed by atoms with van der Waals surface area (Å²) in [5, 5.41) is 7.12. The van der Waals surface area contributed by atoms with Crippen molar-refractivity contribution in [1.29, 1.82) is 0 Å². The van der Waals surface area contributed by atoms with E-state index in [-0.39, 0.29) is 6.61 Å². The molecule has 2 aromatic heterocycles. The van der Waals surface area contributed by atoms with Gasteiger partial charge in [-0.15, -0.1) is 0 Å². The second kappa shape index (κ2) is 5.36. The first kappa shape index (κ1) is 12.1. The average molecular weight is 260 g/mol. The first-order valence-electron chi connectivity index (χ1n) is 6.40. The molecule has 2 heterocycles. The molecule has 0 atom stereocenters. The quantitative estimate of drug-likeness (QED) is 0.850. The highest BCUT2D eigenvalue weighted by Crippen LogP contribution is 2.19. The van der Waals surface area contributed by atoms with E-state index in [4.69, 9.17) is 9.26 Å². The zero-order valence-corrected chi connectivity index (χ0v) is 10.8. The van der Waals surface area contributed by atoms with E-state index < -0.39 is 0 Å². The zero-order valence-electron chi connectivity index (χ0n) is 10.8. The molecule has 0 radical (unpaired) electrons. The topological polar surface area (TPSA) is 73.1 Å². The molecular weight excluding hydrogens is 244 g/mol. The number of rotatable bonds is 6. The summed E-state index contributed by atoms with van der Waals surface area (Å²) in [6.45, 7) is 2.85. The maximum Gasteiger partial charge on any atom is 0.264 e. The van der Waals surface area contributed by atoms with E-state index >= 15 is 0 Å². The number of nitrogens with zero attached hydrogens (tertiary/aromatic N) is 3. The number of nitrogens with one attached hydrogen (secondary N) is 1. The Hall–Kier alpha value is -1.95. The maximum atomic E-state index is 5.52. The Labute approximate surface area is 111 Å². The van der Waals surface area contributed by atoms with E-state index in [0.717, 1.165) is 12.2 Å². The van der Waals surface area contributed by atoms with Gasteiger partial charge in [0.1, 0.15) is 5.75 Å². The molecule has 3 rings (SSSR count). The van der Waals surface area contributed by atoms with Gasteiger partial charge < -0.3 is 14.6 Å². The predicted molar refractivity (Wildman–Crippen MR) is 67.5 cm³/mol. The van der Waals surface area contributed by atoms with Crippen LogP contribution in [0.15, 0.2) is 22.9 Å². The van der Waals surface area contributed by atoms with Crippen LogP contribution in [0.1, 0.15) is 30.3 Å². The third-order valence-corrected chi connectivity index (χ3v) is 2.88. The molecule has 1 N–H and O–H groups in total. The first-order chi connectivity index (χ1) is 9.29. The molecular formula is C13H16N4O2. The minimum Gasteiger partial charge on any atom is -0.482 e. The predicted octanol–water partition coefficient (Wildman–Crippen LogP) is 1.60. The lowest BCUT2D eigenvalue weighted by Crippen LogP contribution is -2.16. The highest BCUT2D eigenvalue weighted by atomic mass is 16.5. The van der Waals surface area contributed by atoms with Crippen molar-refractivity contribution in [2.45, 2.75) is 39.0 Å². The molecule has 6 heteroatoms. The normalized spacial score (nSPS) is 14.6. The number of hydrogen-bond acceptors (Lipinski definition) is 6. The lowest BCUT2D eigenvalue weighted by Gasteiger charge is -2.05. The SMILES string of the molecule is Cc1noc(COc2ccc(CNC3CC3)nc2)n1. The van der Waals surface area contributed by atoms with Crippen molar-refractivity contribution >= 4 is 0 Å². The number of hydrogen-bond donors (Lipinski definition) is 1. The molecule has 1 aliphatic carbocycles. The van der Waals surface area contributed by atoms with Crippen molar-refractivity contribution in [1.82, 2.24) is 20.4 Å². The van der Waals surface area contributed by atoms with E-state index in [0.29, 0.717) is 23.5 Å². The largest absolute Gasteiger partial charge is 0.482 e. The van der Waals surface area contributed by atoms with Crippen LogP contribution in [0.2, 0.25) is 0 Å². The van der Waals surface area contributed by atoms with Gasteiger partial charge in [-0.1, -0.05) is 5.16 Å². The van der Waals surface area contributed by atoms with E-state index in [1.165, 1.54) is 12.8 Å². The van der Waals surface area contributed by atoms with Crippen LogP contribution >= 0.6 is 0 Å². The van der Waals surface area contributed by atoms with Gasteiger partial charge in [0.15, 0.2) is 12.4 Å². The average Bonchev–Trinajstić information content (AvgIpc) is 3.17. The molecule has 0 spiro atoms. The first-order valence-corrected chi connectivity index (χ1v) is 6.40. The van der Waals surface area contributed by atoms with Crippen LogP contribution < -0.4 is 10.1 Å². The summed E-state index contributed by atoms with van der Waals surface area (Å²) < 4.78 is 10.5. The summed E-state index contributed by atoms with van der Waals surface area (Å²) in [4.78, 5) is 8.41. The third kappa shape index (κ3) is 3.51. The lowest BCUT2D eigenvalue weighted by atomic mass is 10.3. The highest BCUT2D eigenvalue weighted by molar-refractivity contribution is 5.20. The van der Waals surface area contributed by atoms with Crippen LogP contribution in [0.4, 0.5) is 0 Å². The van der Waals surface area contributed by atoms with Crippen LogP contribution in [-0.2, 0) is 13.2 Å². The van der Waals surface area contributed by atoms with E-state index in [2.05, 4.69) is 20.4 Å². The highest BCUT2D eigenvalue weighted by Gasteiger charge is 2.20. The summed E-state index contributed by atoms with van der Waals surface area (Å²) in [7, 11) is 0. The Kier molecular flexibility index (Phi) is 3.41. The minimum atomic E-state index is 0.266. The molecule has 0 unspecified atom stereocenters. The molecule has 0 aromatic carbocycles. The fourth-order valence-corrected chi connectivity index (χ4v) is 1.68. The molecule has 19 heavy (non-hydrogen) atoms. The number of aryl methyl sites for hydroxylation is 1. The summed E-state index contributed by atoms with van der Waals surface area (Å²) in [6, 6.07) is 4.56. The maximum absolute atomic E-state index is 5.52. The van der Waals surface area contributed by atoms with Crippen LogP contribution in [0.25, 0.3) is 0 Å². The van der Waals surface area contributed by atoms with E-state index in [1.807, 2.05) is 12.1 Å². The van der Waals surface area contributed by atoms with Crippen LogP contribution in [0.5, 0.6) is 5.75 Å². The van der Waals surface area contributed by atoms with Crippen molar-refractivity contribution in [2.75, 3.05) is 0 Å². The van der Waals surface area contributed by atoms with Crippen molar-refractivity contribution in [3.8, 4) is 5.75 Å². The lowest BCUT2D eigenvalue weighted by molar-refractivity contribution is 0.242. The summed E-state index contributed by atoms with van der Waals surface area (Å²) in [6.07, 6.45) is 4.28. The molecule has 1 aliphatic rings. The van der Waals surface area contributed by atoms with E-state index in [9.17, 15) is 0 Å². The van der Waals surface area contributed by atoms with Gasteiger partial charge in [0.2, 0.25) is 0 Å². The van der Waals surface area contributed by atoms with Gasteiger partial charge in [0.05, 0.1) is 11.9 Å². The van der Waals surface area contributed by atoms with Crippen LogP contribution in [0.3, 0.4) is 0 Å². The fourth-order valence-electron chi connectivity index (χ4n) is 1.68. The second-order valence-corrected chi connectivity index (χ2v) is 4.66. The van der Waals surface area contributed by atoms with Crippen molar-refractivity contribution in [3.63, 3.8) is 0 Å². The number of pyridine rings is 1. The molecule has 0 amide bonds. The fraction of sp³-hybridized carbons (Fsp3) is 0.462. The molecule has 1 fully saturated rings. The number of ether oxygens (including phenoxy) is 1. The Morgan fingerprint density at radius 1 is 1.42 bits per heavy atom. The van der Waals surface area contributed by atoms with Crippen molar-refractivity contribution in [2.24, 2.45) is 0 Å². The van der Waals surface area contributed by atoms with Gasteiger partial charge in [0, 0.05) is 12.6 Å². The Morgan fingerprint density at radius 2 is 2.32 bits per heavy atom. The van der Waals surface area contributed by atoms with Crippen LogP contribution in [-0.4, -0.2) is 21.2 Å². The molecule has 0 aliphatic heterocycles. The second-order valence-electron chi connectivity index (χ2n) is 4.66. The monoisotopic (exact) mass is 260 g/mol. The smallest absolute Gasteiger partial charge is 0.264 e. The zero-order chi connectivity index (χ0) is 13.1. The molecule has 2 aromatic rings. The Bertz CT molecular complexity index is 534. The summed E-state index contributed by atoms with van der Waals surface area (Å²) >= 11 is 0. The van der Waals surface area contributed by atoms with Crippen molar-refractivity contribution < 1.29 is 9.26 Å². The molecule has 0 bridgehead atoms. The number of aromatic nitrogens is 3. The standard InChI is InChI=1S/C13H16N4O2/c1-9-16-13(19-17-9)8-18-12-5-4-11(15-7-12)6-14-10-2-3-10/h4-5,7,10,14H,2-3,6,8H2,1H3. The van der Waals surface area contributed by atoms with Gasteiger partial charge in [0.25, 0.3) is 5.89 Å². The van der Waals surface area contributed by atoms with E-state index in [1.54, 1.807) is 13.1 Å².